The van der Waals surface area contributed by atoms with Crippen LogP contribution in [0.2, 0.25) is 0 Å². The Balaban J connectivity index is 3.27. The van der Waals surface area contributed by atoms with Gasteiger partial charge in [-0.1, -0.05) is 12.1 Å². The van der Waals surface area contributed by atoms with E-state index in [1.165, 1.54) is 12.1 Å². The second-order valence-electron chi connectivity index (χ2n) is 3.21. The number of hydrogen-bond acceptors (Lipinski definition) is 3. The Hall–Kier alpha value is -1.23. The number of aldehydes is 1. The van der Waals surface area contributed by atoms with Crippen molar-refractivity contribution in [1.82, 2.24) is 0 Å². The maximum Gasteiger partial charge on any atom is 0.178 e. The van der Waals surface area contributed by atoms with Gasteiger partial charge in [-0.3, -0.25) is 0 Å². The molecular formula is C10H11FO3S. The molecule has 0 saturated carbocycles. The van der Waals surface area contributed by atoms with Crippen LogP contribution in [0.5, 0.6) is 0 Å². The fourth-order valence-electron chi connectivity index (χ4n) is 1.38. The number of hydrogen-bond donors (Lipinski definition) is 0. The summed E-state index contributed by atoms with van der Waals surface area (Å²) in [5.41, 5.74) is 0.351. The summed E-state index contributed by atoms with van der Waals surface area (Å²) in [7, 11) is -3.59. The van der Waals surface area contributed by atoms with Crippen molar-refractivity contribution in [3.63, 3.8) is 0 Å². The Morgan fingerprint density at radius 1 is 1.40 bits per heavy atom. The van der Waals surface area contributed by atoms with Crippen LogP contribution in [0.3, 0.4) is 0 Å². The average Bonchev–Trinajstić information content (AvgIpc) is 2.12. The fraction of sp³-hybridized carbons (Fsp3) is 0.300. The second-order valence-corrected chi connectivity index (χ2v) is 5.16. The number of carbonyl (C=O) groups excluding carboxylic acids is 1. The smallest absolute Gasteiger partial charge is 0.178 e. The van der Waals surface area contributed by atoms with E-state index in [-0.39, 0.29) is 17.7 Å². The van der Waals surface area contributed by atoms with E-state index in [1.807, 2.05) is 0 Å². The molecule has 1 aromatic rings. The summed E-state index contributed by atoms with van der Waals surface area (Å²) in [4.78, 5) is 9.88. The molecule has 0 atom stereocenters. The highest BCUT2D eigenvalue weighted by Gasteiger charge is 2.17. The highest BCUT2D eigenvalue weighted by molar-refractivity contribution is 7.90. The van der Waals surface area contributed by atoms with Gasteiger partial charge in [-0.25, -0.2) is 12.8 Å². The molecule has 0 aliphatic carbocycles. The standard InChI is InChI=1S/C10H11FO3S/c1-15(13,14)10-8(5-3-7-12)4-2-6-9(10)11/h2,4,6-7H,3,5H2,1H3. The van der Waals surface area contributed by atoms with Crippen molar-refractivity contribution in [2.75, 3.05) is 6.26 Å². The van der Waals surface area contributed by atoms with Crippen molar-refractivity contribution in [2.45, 2.75) is 17.7 Å². The Kier molecular flexibility index (Phi) is 3.57. The number of halogens is 1. The minimum absolute atomic E-state index is 0.186. The van der Waals surface area contributed by atoms with Gasteiger partial charge in [-0.15, -0.1) is 0 Å². The van der Waals surface area contributed by atoms with E-state index >= 15 is 0 Å². The highest BCUT2D eigenvalue weighted by Crippen LogP contribution is 2.20. The van der Waals surface area contributed by atoms with E-state index < -0.39 is 15.7 Å². The summed E-state index contributed by atoms with van der Waals surface area (Å²) in [6, 6.07) is 4.05. The van der Waals surface area contributed by atoms with Crippen LogP contribution in [0.25, 0.3) is 0 Å². The number of benzene rings is 1. The molecule has 0 aliphatic heterocycles. The Bertz CT molecular complexity index is 466. The molecule has 1 aromatic carbocycles. The maximum absolute atomic E-state index is 13.3. The van der Waals surface area contributed by atoms with Gasteiger partial charge in [0.25, 0.3) is 0 Å². The molecule has 82 valence electrons. The van der Waals surface area contributed by atoms with Crippen LogP contribution in [-0.4, -0.2) is 21.0 Å². The van der Waals surface area contributed by atoms with Crippen LogP contribution in [0.4, 0.5) is 4.39 Å². The van der Waals surface area contributed by atoms with Gasteiger partial charge in [0.05, 0.1) is 0 Å². The third-order valence-electron chi connectivity index (χ3n) is 1.95. The highest BCUT2D eigenvalue weighted by atomic mass is 32.2. The Morgan fingerprint density at radius 2 is 2.07 bits per heavy atom. The molecule has 0 heterocycles. The minimum Gasteiger partial charge on any atom is -0.303 e. The first-order valence-corrected chi connectivity index (χ1v) is 6.27. The SMILES string of the molecule is CS(=O)(=O)c1c(F)cccc1CCC=O. The second kappa shape index (κ2) is 4.53. The van der Waals surface area contributed by atoms with E-state index in [2.05, 4.69) is 0 Å². The van der Waals surface area contributed by atoms with Gasteiger partial charge in [0, 0.05) is 12.7 Å². The Labute approximate surface area is 87.8 Å². The van der Waals surface area contributed by atoms with Gasteiger partial charge in [0.1, 0.15) is 17.0 Å². The molecule has 0 aliphatic rings. The maximum atomic E-state index is 13.3. The molecule has 5 heteroatoms. The molecule has 0 bridgehead atoms. The van der Waals surface area contributed by atoms with Crippen molar-refractivity contribution in [1.29, 1.82) is 0 Å². The van der Waals surface area contributed by atoms with Crippen LogP contribution in [0.1, 0.15) is 12.0 Å². The minimum atomic E-state index is -3.59. The van der Waals surface area contributed by atoms with Gasteiger partial charge in [0.15, 0.2) is 9.84 Å². The van der Waals surface area contributed by atoms with E-state index in [9.17, 15) is 17.6 Å². The zero-order chi connectivity index (χ0) is 11.5. The number of rotatable bonds is 4. The summed E-state index contributed by atoms with van der Waals surface area (Å²) in [6.07, 6.45) is 2.06. The fourth-order valence-corrected chi connectivity index (χ4v) is 2.45. The van der Waals surface area contributed by atoms with Gasteiger partial charge >= 0.3 is 0 Å². The van der Waals surface area contributed by atoms with E-state index in [0.29, 0.717) is 11.8 Å². The van der Waals surface area contributed by atoms with Crippen molar-refractivity contribution >= 4 is 16.1 Å². The molecule has 0 fully saturated rings. The quantitative estimate of drug-likeness (QED) is 0.734. The third-order valence-corrected chi connectivity index (χ3v) is 3.15. The lowest BCUT2D eigenvalue weighted by Gasteiger charge is -2.06. The van der Waals surface area contributed by atoms with Crippen molar-refractivity contribution < 1.29 is 17.6 Å². The molecule has 15 heavy (non-hydrogen) atoms. The number of carbonyl (C=O) groups is 1. The summed E-state index contributed by atoms with van der Waals surface area (Å²) >= 11 is 0. The van der Waals surface area contributed by atoms with E-state index in [1.54, 1.807) is 0 Å². The van der Waals surface area contributed by atoms with Crippen LogP contribution in [0, 0.1) is 5.82 Å². The van der Waals surface area contributed by atoms with Gasteiger partial charge in [-0.05, 0) is 18.1 Å². The van der Waals surface area contributed by atoms with Crippen molar-refractivity contribution in [3.8, 4) is 0 Å². The van der Waals surface area contributed by atoms with E-state index in [0.717, 1.165) is 12.3 Å². The number of aryl methyl sites for hydroxylation is 1. The monoisotopic (exact) mass is 230 g/mol. The lowest BCUT2D eigenvalue weighted by molar-refractivity contribution is -0.107. The molecular weight excluding hydrogens is 219 g/mol. The van der Waals surface area contributed by atoms with Gasteiger partial charge in [-0.2, -0.15) is 0 Å². The summed E-state index contributed by atoms with van der Waals surface area (Å²) in [5.74, 6) is -0.763. The average molecular weight is 230 g/mol. The third kappa shape index (κ3) is 2.86. The molecule has 0 amide bonds. The summed E-state index contributed by atoms with van der Waals surface area (Å²) in [5, 5.41) is 0. The predicted molar refractivity (Wildman–Crippen MR) is 53.9 cm³/mol. The molecule has 1 rings (SSSR count). The van der Waals surface area contributed by atoms with Crippen LogP contribution >= 0.6 is 0 Å². The summed E-state index contributed by atoms with van der Waals surface area (Å²) < 4.78 is 35.9. The molecule has 0 N–H and O–H groups in total. The largest absolute Gasteiger partial charge is 0.303 e. The number of sulfone groups is 1. The van der Waals surface area contributed by atoms with Crippen LogP contribution < -0.4 is 0 Å². The molecule has 0 radical (unpaired) electrons. The summed E-state index contributed by atoms with van der Waals surface area (Å²) in [6.45, 7) is 0. The molecule has 0 spiro atoms. The van der Waals surface area contributed by atoms with Crippen molar-refractivity contribution in [3.05, 3.63) is 29.6 Å². The first kappa shape index (κ1) is 11.8. The van der Waals surface area contributed by atoms with Gasteiger partial charge in [0.2, 0.25) is 0 Å². The lowest BCUT2D eigenvalue weighted by atomic mass is 10.1. The van der Waals surface area contributed by atoms with Crippen molar-refractivity contribution in [2.24, 2.45) is 0 Å². The molecule has 0 unspecified atom stereocenters. The van der Waals surface area contributed by atoms with Crippen LogP contribution in [0.15, 0.2) is 23.1 Å². The van der Waals surface area contributed by atoms with Gasteiger partial charge < -0.3 is 4.79 Å². The predicted octanol–water partition coefficient (Wildman–Crippen LogP) is 1.36. The van der Waals surface area contributed by atoms with E-state index in [4.69, 9.17) is 0 Å². The van der Waals surface area contributed by atoms with Crippen LogP contribution in [-0.2, 0) is 21.1 Å². The first-order valence-electron chi connectivity index (χ1n) is 4.38. The Morgan fingerprint density at radius 3 is 2.60 bits per heavy atom. The topological polar surface area (TPSA) is 51.2 Å². The normalized spacial score (nSPS) is 11.3. The lowest BCUT2D eigenvalue weighted by Crippen LogP contribution is -2.06. The molecule has 3 nitrogen and oxygen atoms in total. The molecule has 0 saturated heterocycles. The zero-order valence-corrected chi connectivity index (χ0v) is 9.05. The first-order chi connectivity index (χ1) is 6.96. The molecule has 0 aromatic heterocycles. The zero-order valence-electron chi connectivity index (χ0n) is 8.23.